The zero-order valence-electron chi connectivity index (χ0n) is 23.3. The molecule has 1 aromatic heterocycles. The number of nitrogens with one attached hydrogen (secondary N) is 1. The molecule has 10 nitrogen and oxygen atoms in total. The first kappa shape index (κ1) is 31.5. The quantitative estimate of drug-likeness (QED) is 0.227. The second kappa shape index (κ2) is 14.6. The van der Waals surface area contributed by atoms with Gasteiger partial charge in [-0.15, -0.1) is 0 Å². The number of hydrogen-bond acceptors (Lipinski definition) is 7. The van der Waals surface area contributed by atoms with Crippen molar-refractivity contribution in [1.29, 1.82) is 0 Å². The highest BCUT2D eigenvalue weighted by molar-refractivity contribution is 6.31. The van der Waals surface area contributed by atoms with E-state index >= 15 is 0 Å². The summed E-state index contributed by atoms with van der Waals surface area (Å²) in [4.78, 5) is 36.4. The zero-order valence-corrected chi connectivity index (χ0v) is 24.1. The fourth-order valence-electron chi connectivity index (χ4n) is 4.26. The first-order valence-corrected chi connectivity index (χ1v) is 13.3. The highest BCUT2D eigenvalue weighted by atomic mass is 35.5. The molecular weight excluding hydrogens is 556 g/mol. The Morgan fingerprint density at radius 1 is 1.24 bits per heavy atom. The average molecular weight is 590 g/mol. The molecule has 0 spiro atoms. The van der Waals surface area contributed by atoms with Crippen LogP contribution in [0.25, 0.3) is 11.3 Å². The Morgan fingerprint density at radius 2 is 1.95 bits per heavy atom. The number of benzene rings is 1. The van der Waals surface area contributed by atoms with Gasteiger partial charge in [-0.05, 0) is 24.7 Å². The standard InChI is InChI=1S/C28H34ClF2N7O3/c1-6-11-32-26(35(4)5)20(7-2)27(40)33-22-17-38(18-24(39)37-14-12-36(8-3)13-15-37)34-25(22)21-16-19(29)9-10-23(21)41-28(30)31/h6-7,9-11,16-17,28H,1-2,8,12-15,18H2,3-5H3,(H,33,40)/b26-20+,32-11-. The summed E-state index contributed by atoms with van der Waals surface area (Å²) in [6, 6.07) is 4.09. The molecule has 0 aliphatic carbocycles. The van der Waals surface area contributed by atoms with E-state index in [4.69, 9.17) is 16.3 Å². The maximum absolute atomic E-state index is 13.4. The van der Waals surface area contributed by atoms with Crippen molar-refractivity contribution in [1.82, 2.24) is 24.5 Å². The summed E-state index contributed by atoms with van der Waals surface area (Å²) < 4.78 is 32.5. The van der Waals surface area contributed by atoms with Crippen molar-refractivity contribution in [3.05, 3.63) is 66.1 Å². The summed E-state index contributed by atoms with van der Waals surface area (Å²) in [7, 11) is 3.42. The van der Waals surface area contributed by atoms with Crippen LogP contribution in [-0.4, -0.2) is 95.9 Å². The van der Waals surface area contributed by atoms with Crippen molar-refractivity contribution >= 4 is 35.3 Å². The SMILES string of the molecule is C=C/C=N\C(=C(\C=C)C(=O)Nc1cn(CC(=O)N2CCN(CC)CC2)nc1-c1cc(Cl)ccc1OC(F)F)N(C)C. The van der Waals surface area contributed by atoms with Gasteiger partial charge in [-0.2, -0.15) is 13.9 Å². The average Bonchev–Trinajstić information content (AvgIpc) is 3.32. The van der Waals surface area contributed by atoms with E-state index in [0.717, 1.165) is 19.6 Å². The van der Waals surface area contributed by atoms with Gasteiger partial charge in [0.25, 0.3) is 5.91 Å². The van der Waals surface area contributed by atoms with Crippen LogP contribution in [0.3, 0.4) is 0 Å². The number of carbonyl (C=O) groups excluding carboxylic acids is 2. The predicted molar refractivity (Wildman–Crippen MR) is 156 cm³/mol. The van der Waals surface area contributed by atoms with Crippen LogP contribution in [0.4, 0.5) is 14.5 Å². The molecule has 0 bridgehead atoms. The van der Waals surface area contributed by atoms with Crippen molar-refractivity contribution in [2.75, 3.05) is 52.1 Å². The molecule has 0 saturated carbocycles. The summed E-state index contributed by atoms with van der Waals surface area (Å²) >= 11 is 6.20. The molecule has 0 unspecified atom stereocenters. The van der Waals surface area contributed by atoms with Crippen molar-refractivity contribution in [3.63, 3.8) is 0 Å². The minimum absolute atomic E-state index is 0.0875. The Hall–Kier alpha value is -4.03. The zero-order chi connectivity index (χ0) is 30.1. The van der Waals surface area contributed by atoms with Gasteiger partial charge in [0, 0.05) is 63.3 Å². The number of piperazine rings is 1. The van der Waals surface area contributed by atoms with Crippen LogP contribution in [-0.2, 0) is 16.1 Å². The number of anilines is 1. The molecule has 0 atom stereocenters. The van der Waals surface area contributed by atoms with E-state index in [2.05, 4.69) is 40.4 Å². The molecule has 1 fully saturated rings. The lowest BCUT2D eigenvalue weighted by molar-refractivity contribution is -0.133. The van der Waals surface area contributed by atoms with E-state index in [9.17, 15) is 18.4 Å². The first-order valence-electron chi connectivity index (χ1n) is 12.9. The highest BCUT2D eigenvalue weighted by Crippen LogP contribution is 2.37. The Balaban J connectivity index is 2.04. The van der Waals surface area contributed by atoms with Crippen molar-refractivity contribution in [3.8, 4) is 17.0 Å². The normalized spacial score (nSPS) is 14.7. The molecule has 1 aromatic carbocycles. The number of likely N-dealkylation sites (N-methyl/N-ethyl adjacent to an activating group) is 1. The molecule has 2 heterocycles. The third-order valence-electron chi connectivity index (χ3n) is 6.31. The van der Waals surface area contributed by atoms with Crippen LogP contribution in [0.1, 0.15) is 6.92 Å². The molecule has 1 saturated heterocycles. The molecule has 1 N–H and O–H groups in total. The van der Waals surface area contributed by atoms with E-state index in [1.807, 2.05) is 0 Å². The second-order valence-electron chi connectivity index (χ2n) is 9.23. The van der Waals surface area contributed by atoms with Gasteiger partial charge in [-0.1, -0.05) is 43.8 Å². The molecule has 3 rings (SSSR count). The van der Waals surface area contributed by atoms with Crippen LogP contribution in [0.2, 0.25) is 5.02 Å². The lowest BCUT2D eigenvalue weighted by Crippen LogP contribution is -2.49. The number of aliphatic imine (C=N–C) groups is 1. The number of aromatic nitrogens is 2. The molecule has 13 heteroatoms. The van der Waals surface area contributed by atoms with E-state index in [1.165, 1.54) is 47.4 Å². The number of hydrogen-bond donors (Lipinski definition) is 1. The monoisotopic (exact) mass is 589 g/mol. The fourth-order valence-corrected chi connectivity index (χ4v) is 4.43. The van der Waals surface area contributed by atoms with Crippen LogP contribution in [0, 0.1) is 0 Å². The van der Waals surface area contributed by atoms with E-state index in [1.54, 1.807) is 23.9 Å². The van der Waals surface area contributed by atoms with Gasteiger partial charge in [0.1, 0.15) is 23.8 Å². The number of carbonyl (C=O) groups is 2. The van der Waals surface area contributed by atoms with E-state index in [0.29, 0.717) is 18.9 Å². The van der Waals surface area contributed by atoms with Gasteiger partial charge in [-0.3, -0.25) is 14.3 Å². The van der Waals surface area contributed by atoms with Gasteiger partial charge in [0.15, 0.2) is 0 Å². The van der Waals surface area contributed by atoms with Gasteiger partial charge in [0.05, 0.1) is 11.3 Å². The minimum atomic E-state index is -3.11. The van der Waals surface area contributed by atoms with Crippen LogP contribution >= 0.6 is 11.6 Å². The summed E-state index contributed by atoms with van der Waals surface area (Å²) in [6.45, 7) is 9.78. The summed E-state index contributed by atoms with van der Waals surface area (Å²) in [5.74, 6) is -0.650. The lowest BCUT2D eigenvalue weighted by Gasteiger charge is -2.34. The molecule has 1 aliphatic heterocycles. The van der Waals surface area contributed by atoms with Gasteiger partial charge < -0.3 is 24.8 Å². The van der Waals surface area contributed by atoms with Crippen molar-refractivity contribution < 1.29 is 23.1 Å². The van der Waals surface area contributed by atoms with E-state index < -0.39 is 12.5 Å². The predicted octanol–water partition coefficient (Wildman–Crippen LogP) is 4.12. The maximum atomic E-state index is 13.4. The number of nitrogens with zero attached hydrogens (tertiary/aromatic N) is 6. The molecular formula is C28H34ClF2N7O3. The molecule has 2 amide bonds. The number of ether oxygens (including phenoxy) is 1. The van der Waals surface area contributed by atoms with Gasteiger partial charge in [0.2, 0.25) is 5.91 Å². The maximum Gasteiger partial charge on any atom is 0.387 e. The Bertz CT molecular complexity index is 1330. The number of alkyl halides is 2. The number of amides is 2. The first-order chi connectivity index (χ1) is 19.6. The van der Waals surface area contributed by atoms with Gasteiger partial charge in [-0.25, -0.2) is 4.99 Å². The van der Waals surface area contributed by atoms with Gasteiger partial charge >= 0.3 is 6.61 Å². The van der Waals surface area contributed by atoms with E-state index in [-0.39, 0.29) is 45.7 Å². The number of allylic oxidation sites excluding steroid dienone is 1. The smallest absolute Gasteiger partial charge is 0.387 e. The Labute approximate surface area is 243 Å². The molecule has 2 aromatic rings. The molecule has 41 heavy (non-hydrogen) atoms. The highest BCUT2D eigenvalue weighted by Gasteiger charge is 2.25. The second-order valence-corrected chi connectivity index (χ2v) is 9.66. The van der Waals surface area contributed by atoms with Crippen LogP contribution in [0.5, 0.6) is 5.75 Å². The number of rotatable bonds is 12. The lowest BCUT2D eigenvalue weighted by atomic mass is 10.1. The topological polar surface area (TPSA) is 95.3 Å². The Morgan fingerprint density at radius 3 is 2.54 bits per heavy atom. The number of halogens is 3. The summed E-state index contributed by atoms with van der Waals surface area (Å²) in [6.07, 6.45) is 5.71. The largest absolute Gasteiger partial charge is 0.434 e. The fraction of sp³-hybridized carbons (Fsp3) is 0.357. The third kappa shape index (κ3) is 8.24. The molecule has 1 aliphatic rings. The van der Waals surface area contributed by atoms with Crippen molar-refractivity contribution in [2.24, 2.45) is 4.99 Å². The van der Waals surface area contributed by atoms with Crippen LogP contribution < -0.4 is 10.1 Å². The summed E-state index contributed by atoms with van der Waals surface area (Å²) in [5, 5.41) is 7.49. The molecule has 0 radical (unpaired) electrons. The molecule has 220 valence electrons. The third-order valence-corrected chi connectivity index (χ3v) is 6.54. The minimum Gasteiger partial charge on any atom is -0.434 e. The van der Waals surface area contributed by atoms with Crippen molar-refractivity contribution in [2.45, 2.75) is 20.1 Å². The van der Waals surface area contributed by atoms with Crippen LogP contribution in [0.15, 0.2) is 66.1 Å². The Kier molecular flexibility index (Phi) is 11.2. The summed E-state index contributed by atoms with van der Waals surface area (Å²) in [5.41, 5.74) is 0.471.